The first-order valence-corrected chi connectivity index (χ1v) is 7.50. The third-order valence-electron chi connectivity index (χ3n) is 2.94. The van der Waals surface area contributed by atoms with Crippen LogP contribution in [0.1, 0.15) is 31.7 Å². The van der Waals surface area contributed by atoms with Gasteiger partial charge < -0.3 is 10.1 Å². The summed E-state index contributed by atoms with van der Waals surface area (Å²) in [6, 6.07) is 4.15. The minimum Gasteiger partial charge on any atom is -0.383 e. The summed E-state index contributed by atoms with van der Waals surface area (Å²) < 4.78 is 4.92. The Hall–Kier alpha value is -0.910. The topological polar surface area (TPSA) is 50.4 Å². The number of hydrogen-bond acceptors (Lipinski definition) is 4. The average molecular weight is 284 g/mol. The molecule has 0 radical (unpaired) electrons. The quantitative estimate of drug-likeness (QED) is 0.719. The van der Waals surface area contributed by atoms with E-state index in [-0.39, 0.29) is 18.0 Å². The van der Waals surface area contributed by atoms with E-state index in [0.29, 0.717) is 19.1 Å². The second kappa shape index (κ2) is 8.30. The predicted molar refractivity (Wildman–Crippen MR) is 79.4 cm³/mol. The number of carbonyl (C=O) groups excluding carboxylic acids is 1. The maximum atomic E-state index is 11.9. The lowest BCUT2D eigenvalue weighted by Gasteiger charge is -2.25. The van der Waals surface area contributed by atoms with Gasteiger partial charge in [0, 0.05) is 24.6 Å². The van der Waals surface area contributed by atoms with Gasteiger partial charge in [-0.2, -0.15) is 0 Å². The van der Waals surface area contributed by atoms with Crippen molar-refractivity contribution in [2.24, 2.45) is 5.92 Å². The largest absolute Gasteiger partial charge is 0.383 e. The Morgan fingerprint density at radius 1 is 1.42 bits per heavy atom. The zero-order valence-corrected chi connectivity index (χ0v) is 12.9. The number of rotatable bonds is 8. The van der Waals surface area contributed by atoms with Crippen LogP contribution in [-0.2, 0) is 9.53 Å². The van der Waals surface area contributed by atoms with Gasteiger partial charge in [0.1, 0.15) is 0 Å². The van der Waals surface area contributed by atoms with Crippen LogP contribution in [0.25, 0.3) is 0 Å². The molecule has 0 spiro atoms. The molecule has 0 aromatic carbocycles. The van der Waals surface area contributed by atoms with Gasteiger partial charge in [0.05, 0.1) is 12.6 Å². The fraction of sp³-hybridized carbons (Fsp3) is 0.643. The molecule has 4 nitrogen and oxygen atoms in total. The molecule has 0 aliphatic heterocycles. The van der Waals surface area contributed by atoms with Gasteiger partial charge in [0.2, 0.25) is 5.91 Å². The summed E-state index contributed by atoms with van der Waals surface area (Å²) >= 11 is 1.72. The molecular formula is C14H24N2O2S. The Morgan fingerprint density at radius 3 is 2.68 bits per heavy atom. The van der Waals surface area contributed by atoms with Crippen LogP contribution in [0, 0.1) is 5.92 Å². The van der Waals surface area contributed by atoms with E-state index in [9.17, 15) is 4.79 Å². The first-order valence-electron chi connectivity index (χ1n) is 6.62. The lowest BCUT2D eigenvalue weighted by molar-refractivity contribution is -0.123. The van der Waals surface area contributed by atoms with Gasteiger partial charge in [-0.1, -0.05) is 19.9 Å². The van der Waals surface area contributed by atoms with Crippen LogP contribution in [0.2, 0.25) is 0 Å². The number of ether oxygens (including phenoxy) is 1. The Balaban J connectivity index is 2.52. The van der Waals surface area contributed by atoms with Crippen molar-refractivity contribution in [2.45, 2.75) is 32.9 Å². The van der Waals surface area contributed by atoms with E-state index in [1.54, 1.807) is 18.4 Å². The summed E-state index contributed by atoms with van der Waals surface area (Å²) in [6.45, 7) is 7.30. The summed E-state index contributed by atoms with van der Waals surface area (Å²) in [5, 5.41) is 8.32. The highest BCUT2D eigenvalue weighted by Crippen LogP contribution is 2.26. The molecule has 108 valence electrons. The van der Waals surface area contributed by atoms with Crippen molar-refractivity contribution >= 4 is 17.2 Å². The van der Waals surface area contributed by atoms with Gasteiger partial charge in [0.15, 0.2) is 0 Å². The van der Waals surface area contributed by atoms with E-state index in [4.69, 9.17) is 4.74 Å². The Morgan fingerprint density at radius 2 is 2.16 bits per heavy atom. The molecule has 0 saturated heterocycles. The molecule has 19 heavy (non-hydrogen) atoms. The third kappa shape index (κ3) is 5.30. The van der Waals surface area contributed by atoms with Crippen LogP contribution in [0.4, 0.5) is 0 Å². The van der Waals surface area contributed by atoms with Gasteiger partial charge >= 0.3 is 0 Å². The van der Waals surface area contributed by atoms with Crippen molar-refractivity contribution in [3.05, 3.63) is 22.4 Å². The van der Waals surface area contributed by atoms with Crippen molar-refractivity contribution in [1.82, 2.24) is 10.6 Å². The summed E-state index contributed by atoms with van der Waals surface area (Å²) in [7, 11) is 1.62. The molecule has 5 heteroatoms. The molecule has 0 saturated carbocycles. The van der Waals surface area contributed by atoms with Crippen molar-refractivity contribution in [3.63, 3.8) is 0 Å². The molecule has 0 aliphatic rings. The molecular weight excluding hydrogens is 260 g/mol. The van der Waals surface area contributed by atoms with E-state index in [1.807, 2.05) is 13.0 Å². The lowest BCUT2D eigenvalue weighted by Crippen LogP contribution is -2.45. The number of amides is 1. The second-order valence-corrected chi connectivity index (χ2v) is 5.89. The maximum Gasteiger partial charge on any atom is 0.236 e. The van der Waals surface area contributed by atoms with Gasteiger partial charge in [0.25, 0.3) is 0 Å². The van der Waals surface area contributed by atoms with E-state index in [1.165, 1.54) is 4.88 Å². The fourth-order valence-electron chi connectivity index (χ4n) is 1.85. The molecule has 1 amide bonds. The predicted octanol–water partition coefficient (Wildman–Crippen LogP) is 2.19. The highest BCUT2D eigenvalue weighted by molar-refractivity contribution is 7.10. The normalized spacial score (nSPS) is 14.4. The van der Waals surface area contributed by atoms with Gasteiger partial charge in [-0.3, -0.25) is 10.1 Å². The molecule has 2 N–H and O–H groups in total. The third-order valence-corrected chi connectivity index (χ3v) is 3.90. The molecule has 1 aromatic heterocycles. The van der Waals surface area contributed by atoms with Crippen LogP contribution >= 0.6 is 11.3 Å². The number of carbonyl (C=O) groups is 1. The summed E-state index contributed by atoms with van der Waals surface area (Å²) in [5.74, 6) is 0.451. The first-order chi connectivity index (χ1) is 9.06. The Kier molecular flexibility index (Phi) is 7.05. The van der Waals surface area contributed by atoms with E-state index in [2.05, 4.69) is 35.9 Å². The molecule has 2 atom stereocenters. The minimum atomic E-state index is -0.216. The molecule has 1 rings (SSSR count). The second-order valence-electron chi connectivity index (χ2n) is 4.91. The summed E-state index contributed by atoms with van der Waals surface area (Å²) in [4.78, 5) is 13.2. The highest BCUT2D eigenvalue weighted by atomic mass is 32.1. The maximum absolute atomic E-state index is 11.9. The lowest BCUT2D eigenvalue weighted by atomic mass is 10.0. The number of nitrogens with one attached hydrogen (secondary N) is 2. The summed E-state index contributed by atoms with van der Waals surface area (Å²) in [6.07, 6.45) is 0. The number of thiophene rings is 1. The molecule has 0 bridgehead atoms. The summed E-state index contributed by atoms with van der Waals surface area (Å²) in [5.41, 5.74) is 0. The van der Waals surface area contributed by atoms with Crippen LogP contribution in [-0.4, -0.2) is 32.2 Å². The van der Waals surface area contributed by atoms with Gasteiger partial charge in [-0.25, -0.2) is 0 Å². The SMILES string of the molecule is COCCNC(=O)C(C)NC(c1cccs1)C(C)C. The highest BCUT2D eigenvalue weighted by Gasteiger charge is 2.22. The van der Waals surface area contributed by atoms with Gasteiger partial charge in [-0.15, -0.1) is 11.3 Å². The van der Waals surface area contributed by atoms with Crippen molar-refractivity contribution in [1.29, 1.82) is 0 Å². The molecule has 1 heterocycles. The fourth-order valence-corrected chi connectivity index (χ4v) is 2.80. The van der Waals surface area contributed by atoms with Crippen molar-refractivity contribution in [2.75, 3.05) is 20.3 Å². The zero-order chi connectivity index (χ0) is 14.3. The molecule has 2 unspecified atom stereocenters. The van der Waals surface area contributed by atoms with E-state index < -0.39 is 0 Å². The number of methoxy groups -OCH3 is 1. The van der Waals surface area contributed by atoms with Gasteiger partial charge in [-0.05, 0) is 24.3 Å². The van der Waals surface area contributed by atoms with E-state index >= 15 is 0 Å². The first kappa shape index (κ1) is 16.1. The van der Waals surface area contributed by atoms with Crippen LogP contribution < -0.4 is 10.6 Å². The Labute approximate surface area is 119 Å². The molecule has 1 aromatic rings. The van der Waals surface area contributed by atoms with Crippen molar-refractivity contribution in [3.8, 4) is 0 Å². The van der Waals surface area contributed by atoms with Crippen molar-refractivity contribution < 1.29 is 9.53 Å². The Bertz CT molecular complexity index is 366. The molecule has 0 aliphatic carbocycles. The molecule has 0 fully saturated rings. The monoisotopic (exact) mass is 284 g/mol. The minimum absolute atomic E-state index is 0.0132. The zero-order valence-electron chi connectivity index (χ0n) is 12.1. The van der Waals surface area contributed by atoms with E-state index in [0.717, 1.165) is 0 Å². The average Bonchev–Trinajstić information content (AvgIpc) is 2.88. The van der Waals surface area contributed by atoms with Crippen LogP contribution in [0.15, 0.2) is 17.5 Å². The smallest absolute Gasteiger partial charge is 0.236 e. The van der Waals surface area contributed by atoms with Crippen LogP contribution in [0.3, 0.4) is 0 Å². The number of hydrogen-bond donors (Lipinski definition) is 2. The van der Waals surface area contributed by atoms with Crippen LogP contribution in [0.5, 0.6) is 0 Å². The standard InChI is InChI=1S/C14H24N2O2S/c1-10(2)13(12-6-5-9-19-12)16-11(3)14(17)15-7-8-18-4/h5-6,9-11,13,16H,7-8H2,1-4H3,(H,15,17).